The van der Waals surface area contributed by atoms with Gasteiger partial charge >= 0.3 is 0 Å². The summed E-state index contributed by atoms with van der Waals surface area (Å²) in [5.74, 6) is 1.68. The molecule has 1 rings (SSSR count). The summed E-state index contributed by atoms with van der Waals surface area (Å²) in [5, 5.41) is 0. The quantitative estimate of drug-likeness (QED) is 0.521. The number of hydrogen-bond acceptors (Lipinski definition) is 2. The van der Waals surface area contributed by atoms with Gasteiger partial charge in [-0.25, -0.2) is 0 Å². The van der Waals surface area contributed by atoms with Crippen molar-refractivity contribution in [1.29, 1.82) is 0 Å². The maximum atomic E-state index is 5.87. The van der Waals surface area contributed by atoms with Crippen molar-refractivity contribution >= 4 is 0 Å². The van der Waals surface area contributed by atoms with Crippen molar-refractivity contribution in [2.45, 2.75) is 65.7 Å². The smallest absolute Gasteiger partial charge is 0.0285 e. The van der Waals surface area contributed by atoms with E-state index in [9.17, 15) is 0 Å². The Labute approximate surface area is 155 Å². The number of rotatable bonds is 9. The molecule has 0 aromatic rings. The maximum absolute atomic E-state index is 5.87. The molecule has 1 fully saturated rings. The Morgan fingerprint density at radius 1 is 1.12 bits per heavy atom. The fourth-order valence-corrected chi connectivity index (χ4v) is 3.58. The third-order valence-electron chi connectivity index (χ3n) is 5.35. The molecule has 1 aliphatic carbocycles. The number of allylic oxidation sites excluding steroid dienone is 7. The van der Waals surface area contributed by atoms with E-state index >= 15 is 0 Å². The molecule has 0 saturated heterocycles. The van der Waals surface area contributed by atoms with Crippen LogP contribution in [0, 0.1) is 11.8 Å². The van der Waals surface area contributed by atoms with Crippen LogP contribution in [0.15, 0.2) is 59.4 Å². The zero-order chi connectivity index (χ0) is 18.7. The van der Waals surface area contributed by atoms with Crippen molar-refractivity contribution in [1.82, 2.24) is 0 Å². The van der Waals surface area contributed by atoms with E-state index in [1.807, 2.05) is 12.2 Å². The average Bonchev–Trinajstić information content (AvgIpc) is 2.61. The number of nitrogens with two attached hydrogens (primary N) is 2. The molecule has 1 saturated carbocycles. The summed E-state index contributed by atoms with van der Waals surface area (Å²) in [6, 6.07) is 0. The average molecular weight is 343 g/mol. The molecule has 0 heterocycles. The summed E-state index contributed by atoms with van der Waals surface area (Å²) < 4.78 is 0. The Hall–Kier alpha value is -1.54. The standard InChI is InChI=1S/C23H38N2/c1-5-20-10-13-22(14-11-20)21(6-2)12-9-18(3)7-8-19(4)17-23(25)15-16-24/h6,9,12,15,17,20,22H,3,5,7-8,10-11,13-14,16,24-25H2,1-2,4H3/b12-9-,19-17+,21-6+,23-15+. The summed E-state index contributed by atoms with van der Waals surface area (Å²) >= 11 is 0. The van der Waals surface area contributed by atoms with E-state index in [4.69, 9.17) is 11.5 Å². The summed E-state index contributed by atoms with van der Waals surface area (Å²) in [5.41, 5.74) is 16.0. The molecule has 0 aromatic heterocycles. The van der Waals surface area contributed by atoms with E-state index in [2.05, 4.69) is 45.6 Å². The molecule has 0 aliphatic heterocycles. The lowest BCUT2D eigenvalue weighted by Gasteiger charge is -2.28. The zero-order valence-electron chi connectivity index (χ0n) is 16.6. The van der Waals surface area contributed by atoms with Gasteiger partial charge in [-0.15, -0.1) is 0 Å². The predicted molar refractivity (Wildman–Crippen MR) is 112 cm³/mol. The van der Waals surface area contributed by atoms with Gasteiger partial charge in [0.15, 0.2) is 0 Å². The molecule has 0 unspecified atom stereocenters. The Balaban J connectivity index is 2.48. The van der Waals surface area contributed by atoms with Crippen LogP contribution in [-0.2, 0) is 0 Å². The fourth-order valence-electron chi connectivity index (χ4n) is 3.58. The molecule has 0 amide bonds. The van der Waals surface area contributed by atoms with E-state index in [-0.39, 0.29) is 0 Å². The van der Waals surface area contributed by atoms with Crippen LogP contribution in [0.4, 0.5) is 0 Å². The molecule has 0 atom stereocenters. The highest BCUT2D eigenvalue weighted by molar-refractivity contribution is 5.29. The second-order valence-corrected chi connectivity index (χ2v) is 7.34. The molecule has 2 nitrogen and oxygen atoms in total. The first-order valence-corrected chi connectivity index (χ1v) is 9.85. The van der Waals surface area contributed by atoms with Crippen molar-refractivity contribution in [2.24, 2.45) is 23.3 Å². The first-order valence-electron chi connectivity index (χ1n) is 9.85. The van der Waals surface area contributed by atoms with Crippen LogP contribution in [0.5, 0.6) is 0 Å². The zero-order valence-corrected chi connectivity index (χ0v) is 16.6. The summed E-state index contributed by atoms with van der Waals surface area (Å²) in [6.07, 6.45) is 19.3. The monoisotopic (exact) mass is 342 g/mol. The highest BCUT2D eigenvalue weighted by Gasteiger charge is 2.21. The largest absolute Gasteiger partial charge is 0.399 e. The Morgan fingerprint density at radius 2 is 1.80 bits per heavy atom. The molecule has 1 aliphatic rings. The Bertz CT molecular complexity index is 526. The Kier molecular flexibility index (Phi) is 10.3. The van der Waals surface area contributed by atoms with Crippen LogP contribution < -0.4 is 11.5 Å². The summed E-state index contributed by atoms with van der Waals surface area (Å²) in [6.45, 7) is 11.3. The van der Waals surface area contributed by atoms with Gasteiger partial charge in [0.05, 0.1) is 0 Å². The van der Waals surface area contributed by atoms with Crippen molar-refractivity contribution in [2.75, 3.05) is 6.54 Å². The maximum Gasteiger partial charge on any atom is 0.0285 e. The van der Waals surface area contributed by atoms with E-state index < -0.39 is 0 Å². The molecule has 25 heavy (non-hydrogen) atoms. The highest BCUT2D eigenvalue weighted by Crippen LogP contribution is 2.35. The minimum atomic E-state index is 0.483. The lowest BCUT2D eigenvalue weighted by molar-refractivity contribution is 0.297. The van der Waals surface area contributed by atoms with Crippen LogP contribution in [0.2, 0.25) is 0 Å². The van der Waals surface area contributed by atoms with E-state index in [1.54, 1.807) is 0 Å². The molecule has 0 bridgehead atoms. The van der Waals surface area contributed by atoms with Gasteiger partial charge < -0.3 is 11.5 Å². The predicted octanol–water partition coefficient (Wildman–Crippen LogP) is 5.79. The van der Waals surface area contributed by atoms with Crippen molar-refractivity contribution < 1.29 is 0 Å². The van der Waals surface area contributed by atoms with Gasteiger partial charge in [0.1, 0.15) is 0 Å². The first kappa shape index (κ1) is 21.5. The summed E-state index contributed by atoms with van der Waals surface area (Å²) in [4.78, 5) is 0. The SMILES string of the molecule is C=C(/C=C\C(=C/C)C1CCC(CC)CC1)CC/C(C)=C/C(N)=C\CN. The lowest BCUT2D eigenvalue weighted by Crippen LogP contribution is -2.15. The van der Waals surface area contributed by atoms with E-state index in [0.29, 0.717) is 6.54 Å². The molecule has 0 radical (unpaired) electrons. The van der Waals surface area contributed by atoms with E-state index in [0.717, 1.165) is 30.4 Å². The minimum Gasteiger partial charge on any atom is -0.399 e. The summed E-state index contributed by atoms with van der Waals surface area (Å²) in [7, 11) is 0. The second-order valence-electron chi connectivity index (χ2n) is 7.34. The highest BCUT2D eigenvalue weighted by atomic mass is 14.6. The van der Waals surface area contributed by atoms with E-state index in [1.165, 1.54) is 48.8 Å². The van der Waals surface area contributed by atoms with Gasteiger partial charge in [-0.05, 0) is 81.9 Å². The lowest BCUT2D eigenvalue weighted by atomic mass is 9.77. The van der Waals surface area contributed by atoms with Crippen molar-refractivity contribution in [3.63, 3.8) is 0 Å². The molecule has 2 heteroatoms. The van der Waals surface area contributed by atoms with Gasteiger partial charge in [-0.1, -0.05) is 49.3 Å². The van der Waals surface area contributed by atoms with Crippen LogP contribution in [0.1, 0.15) is 65.7 Å². The van der Waals surface area contributed by atoms with Crippen molar-refractivity contribution in [3.8, 4) is 0 Å². The minimum absolute atomic E-state index is 0.483. The molecule has 140 valence electrons. The molecule has 0 spiro atoms. The topological polar surface area (TPSA) is 52.0 Å². The second kappa shape index (κ2) is 11.9. The van der Waals surface area contributed by atoms with Crippen molar-refractivity contribution in [3.05, 3.63) is 59.4 Å². The van der Waals surface area contributed by atoms with Gasteiger partial charge in [0.2, 0.25) is 0 Å². The fraction of sp³-hybridized carbons (Fsp3) is 0.565. The van der Waals surface area contributed by atoms with Crippen LogP contribution in [0.25, 0.3) is 0 Å². The van der Waals surface area contributed by atoms with Crippen LogP contribution >= 0.6 is 0 Å². The van der Waals surface area contributed by atoms with Gasteiger partial charge in [0, 0.05) is 12.2 Å². The third kappa shape index (κ3) is 8.40. The van der Waals surface area contributed by atoms with Crippen LogP contribution in [0.3, 0.4) is 0 Å². The van der Waals surface area contributed by atoms with Gasteiger partial charge in [-0.2, -0.15) is 0 Å². The molecule has 0 aromatic carbocycles. The van der Waals surface area contributed by atoms with Gasteiger partial charge in [0.25, 0.3) is 0 Å². The Morgan fingerprint density at radius 3 is 2.36 bits per heavy atom. The van der Waals surface area contributed by atoms with Gasteiger partial charge in [-0.3, -0.25) is 0 Å². The molecular formula is C23H38N2. The molecular weight excluding hydrogens is 304 g/mol. The first-order chi connectivity index (χ1) is 12.0. The number of hydrogen-bond donors (Lipinski definition) is 2. The normalized spacial score (nSPS) is 23.3. The van der Waals surface area contributed by atoms with Crippen LogP contribution in [-0.4, -0.2) is 6.54 Å². The third-order valence-corrected chi connectivity index (χ3v) is 5.35. The molecule has 4 N–H and O–H groups in total.